The van der Waals surface area contributed by atoms with E-state index in [1.807, 2.05) is 38.1 Å². The fourth-order valence-electron chi connectivity index (χ4n) is 2.01. The second-order valence-corrected chi connectivity index (χ2v) is 6.26. The Labute approximate surface area is 136 Å². The maximum absolute atomic E-state index is 9.76. The summed E-state index contributed by atoms with van der Waals surface area (Å²) < 4.78 is 0.769. The van der Waals surface area contributed by atoms with Crippen molar-refractivity contribution < 1.29 is 5.11 Å². The largest absolute Gasteiger partial charge is 0.507 e. The Morgan fingerprint density at radius 2 is 1.70 bits per heavy atom. The molecule has 0 fully saturated rings. The molecule has 2 N–H and O–H groups in total. The Bertz CT molecular complexity index is 636. The Kier molecular flexibility index (Phi) is 4.84. The molecule has 0 atom stereocenters. The van der Waals surface area contributed by atoms with E-state index in [9.17, 15) is 5.11 Å². The van der Waals surface area contributed by atoms with Gasteiger partial charge >= 0.3 is 0 Å². The van der Waals surface area contributed by atoms with Crippen LogP contribution in [-0.2, 0) is 6.54 Å². The molecule has 2 aromatic rings. The van der Waals surface area contributed by atoms with Crippen molar-refractivity contribution in [1.29, 1.82) is 0 Å². The molecule has 0 bridgehead atoms. The normalized spacial score (nSPS) is 10.7. The number of aromatic hydroxyl groups is 1. The van der Waals surface area contributed by atoms with Gasteiger partial charge in [0.25, 0.3) is 0 Å². The summed E-state index contributed by atoms with van der Waals surface area (Å²) in [5.41, 5.74) is 3.58. The minimum atomic E-state index is 0.346. The molecule has 0 aromatic heterocycles. The monoisotopic (exact) mass is 373 g/mol. The Morgan fingerprint density at radius 3 is 2.30 bits per heavy atom. The van der Waals surface area contributed by atoms with Crippen molar-refractivity contribution in [2.45, 2.75) is 20.4 Å². The molecule has 20 heavy (non-hydrogen) atoms. The van der Waals surface area contributed by atoms with Gasteiger partial charge in [-0.2, -0.15) is 0 Å². The fourth-order valence-corrected chi connectivity index (χ4v) is 2.85. The third-order valence-electron chi connectivity index (χ3n) is 3.07. The molecule has 0 aliphatic heterocycles. The molecule has 0 amide bonds. The molecule has 0 saturated heterocycles. The predicted octanol–water partition coefficient (Wildman–Crippen LogP) is 5.69. The van der Waals surface area contributed by atoms with Crippen LogP contribution in [-0.4, -0.2) is 5.11 Å². The third kappa shape index (κ3) is 3.22. The lowest BCUT2D eigenvalue weighted by molar-refractivity contribution is 0.466. The molecule has 2 aromatic carbocycles. The van der Waals surface area contributed by atoms with Gasteiger partial charge in [-0.25, -0.2) is 0 Å². The Hall–Kier alpha value is -0.900. The highest BCUT2D eigenvalue weighted by Crippen LogP contribution is 2.36. The topological polar surface area (TPSA) is 32.3 Å². The lowest BCUT2D eigenvalue weighted by Gasteiger charge is -2.12. The molecule has 0 aliphatic carbocycles. The van der Waals surface area contributed by atoms with Gasteiger partial charge < -0.3 is 10.4 Å². The van der Waals surface area contributed by atoms with Crippen LogP contribution in [0, 0.1) is 13.8 Å². The van der Waals surface area contributed by atoms with E-state index in [0.717, 1.165) is 26.9 Å². The summed E-state index contributed by atoms with van der Waals surface area (Å²) in [5, 5.41) is 14.0. The van der Waals surface area contributed by atoms with Crippen LogP contribution < -0.4 is 5.32 Å². The molecule has 2 rings (SSSR count). The zero-order valence-corrected chi connectivity index (χ0v) is 14.2. The molecule has 0 unspecified atom stereocenters. The summed E-state index contributed by atoms with van der Waals surface area (Å²) in [4.78, 5) is 0. The number of rotatable bonds is 3. The van der Waals surface area contributed by atoms with Crippen molar-refractivity contribution in [3.05, 3.63) is 55.5 Å². The van der Waals surface area contributed by atoms with Crippen molar-refractivity contribution in [1.82, 2.24) is 0 Å². The van der Waals surface area contributed by atoms with Gasteiger partial charge in [0, 0.05) is 11.0 Å². The summed E-state index contributed by atoms with van der Waals surface area (Å²) in [5.74, 6) is 0.346. The predicted molar refractivity (Wildman–Crippen MR) is 89.1 cm³/mol. The highest BCUT2D eigenvalue weighted by Gasteiger charge is 2.09. The van der Waals surface area contributed by atoms with E-state index in [1.165, 1.54) is 0 Å². The number of halogens is 3. The van der Waals surface area contributed by atoms with E-state index >= 15 is 0 Å². The molecule has 0 saturated carbocycles. The quantitative estimate of drug-likeness (QED) is 0.676. The number of aryl methyl sites for hydroxylation is 2. The van der Waals surface area contributed by atoms with E-state index in [1.54, 1.807) is 0 Å². The highest BCUT2D eigenvalue weighted by atomic mass is 79.9. The van der Waals surface area contributed by atoms with E-state index < -0.39 is 0 Å². The molecule has 0 aliphatic rings. The number of nitrogens with one attached hydrogen (secondary N) is 1. The van der Waals surface area contributed by atoms with Crippen LogP contribution in [0.1, 0.15) is 16.7 Å². The first-order valence-corrected chi connectivity index (χ1v) is 7.61. The van der Waals surface area contributed by atoms with E-state index in [0.29, 0.717) is 22.3 Å². The van der Waals surface area contributed by atoms with Gasteiger partial charge in [-0.15, -0.1) is 0 Å². The smallest absolute Gasteiger partial charge is 0.121 e. The van der Waals surface area contributed by atoms with Gasteiger partial charge in [-0.3, -0.25) is 0 Å². The van der Waals surface area contributed by atoms with Crippen LogP contribution in [0.2, 0.25) is 10.0 Å². The molecule has 0 heterocycles. The van der Waals surface area contributed by atoms with E-state index in [2.05, 4.69) is 21.2 Å². The second kappa shape index (κ2) is 6.25. The minimum absolute atomic E-state index is 0.346. The van der Waals surface area contributed by atoms with Crippen LogP contribution in [0.15, 0.2) is 28.7 Å². The molecule has 106 valence electrons. The lowest BCUT2D eigenvalue weighted by atomic mass is 10.1. The van der Waals surface area contributed by atoms with Gasteiger partial charge in [0.05, 0.1) is 15.7 Å². The first-order valence-electron chi connectivity index (χ1n) is 6.06. The van der Waals surface area contributed by atoms with Crippen LogP contribution in [0.4, 0.5) is 5.69 Å². The van der Waals surface area contributed by atoms with Gasteiger partial charge in [0.15, 0.2) is 0 Å². The van der Waals surface area contributed by atoms with Crippen molar-refractivity contribution in [3.8, 4) is 5.75 Å². The average molecular weight is 375 g/mol. The van der Waals surface area contributed by atoms with E-state index in [4.69, 9.17) is 23.2 Å². The summed E-state index contributed by atoms with van der Waals surface area (Å²) in [6.45, 7) is 4.38. The average Bonchev–Trinajstić information content (AvgIpc) is 2.41. The maximum Gasteiger partial charge on any atom is 0.121 e. The third-order valence-corrected chi connectivity index (χ3v) is 4.84. The van der Waals surface area contributed by atoms with E-state index in [-0.39, 0.29) is 0 Å². The number of anilines is 1. The molecule has 2 nitrogen and oxygen atoms in total. The molecule has 5 heteroatoms. The number of benzene rings is 2. The van der Waals surface area contributed by atoms with Crippen molar-refractivity contribution in [2.24, 2.45) is 0 Å². The minimum Gasteiger partial charge on any atom is -0.507 e. The van der Waals surface area contributed by atoms with Gasteiger partial charge in [-0.05, 0) is 58.6 Å². The number of phenolic OH excluding ortho intramolecular Hbond substituents is 1. The molecular weight excluding hydrogens is 361 g/mol. The van der Waals surface area contributed by atoms with Gasteiger partial charge in [0.2, 0.25) is 0 Å². The SMILES string of the molecule is Cc1cc(CNc2ccc(Br)c(Cl)c2Cl)cc(C)c1O. The number of hydrogen-bond acceptors (Lipinski definition) is 2. The summed E-state index contributed by atoms with van der Waals surface area (Å²) >= 11 is 15.6. The van der Waals surface area contributed by atoms with Crippen LogP contribution >= 0.6 is 39.1 Å². The van der Waals surface area contributed by atoms with Gasteiger partial charge in [-0.1, -0.05) is 35.3 Å². The standard InChI is InChI=1S/C15H14BrCl2NO/c1-8-5-10(6-9(2)15(8)20)7-19-12-4-3-11(16)13(17)14(12)18/h3-6,19-20H,7H2,1-2H3. The molecule has 0 spiro atoms. The maximum atomic E-state index is 9.76. The van der Waals surface area contributed by atoms with Crippen molar-refractivity contribution in [2.75, 3.05) is 5.32 Å². The Morgan fingerprint density at radius 1 is 1.10 bits per heavy atom. The zero-order chi connectivity index (χ0) is 14.9. The molecule has 0 radical (unpaired) electrons. The van der Waals surface area contributed by atoms with Crippen molar-refractivity contribution >= 4 is 44.8 Å². The number of phenols is 1. The van der Waals surface area contributed by atoms with Gasteiger partial charge in [0.1, 0.15) is 5.75 Å². The Balaban J connectivity index is 2.19. The van der Waals surface area contributed by atoms with Crippen LogP contribution in [0.25, 0.3) is 0 Å². The first kappa shape index (κ1) is 15.5. The van der Waals surface area contributed by atoms with Crippen molar-refractivity contribution in [3.63, 3.8) is 0 Å². The second-order valence-electron chi connectivity index (χ2n) is 4.65. The van der Waals surface area contributed by atoms with Crippen LogP contribution in [0.5, 0.6) is 5.75 Å². The summed E-state index contributed by atoms with van der Waals surface area (Å²) in [6, 6.07) is 7.62. The summed E-state index contributed by atoms with van der Waals surface area (Å²) in [7, 11) is 0. The molecular formula is C15H14BrCl2NO. The fraction of sp³-hybridized carbons (Fsp3) is 0.200. The number of hydrogen-bond donors (Lipinski definition) is 2. The lowest BCUT2D eigenvalue weighted by Crippen LogP contribution is -2.01. The first-order chi connectivity index (χ1) is 9.40. The zero-order valence-electron chi connectivity index (χ0n) is 11.1. The van der Waals surface area contributed by atoms with Crippen LogP contribution in [0.3, 0.4) is 0 Å². The summed E-state index contributed by atoms with van der Waals surface area (Å²) in [6.07, 6.45) is 0. The highest BCUT2D eigenvalue weighted by molar-refractivity contribution is 9.10.